The number of aryl methyl sites for hydroxylation is 1. The highest BCUT2D eigenvalue weighted by Gasteiger charge is 2.32. The lowest BCUT2D eigenvalue weighted by atomic mass is 9.90. The molecule has 3 rings (SSSR count). The van der Waals surface area contributed by atoms with Crippen molar-refractivity contribution in [2.45, 2.75) is 13.3 Å². The van der Waals surface area contributed by atoms with Gasteiger partial charge in [0, 0.05) is 17.5 Å². The number of fused-ring (bicyclic) bond motifs is 3. The Bertz CT molecular complexity index is 641. The zero-order chi connectivity index (χ0) is 12.0. The maximum atomic E-state index is 11.9. The van der Waals surface area contributed by atoms with Crippen molar-refractivity contribution < 1.29 is 9.59 Å². The van der Waals surface area contributed by atoms with Crippen molar-refractivity contribution in [1.82, 2.24) is 9.97 Å². The van der Waals surface area contributed by atoms with Crippen molar-refractivity contribution in [3.05, 3.63) is 41.3 Å². The Labute approximate surface area is 97.7 Å². The first-order valence-electron chi connectivity index (χ1n) is 5.49. The molecule has 0 radical (unpaired) electrons. The fraction of sp³-hybridized carbons (Fsp3) is 0.154. The molecule has 0 bridgehead atoms. The van der Waals surface area contributed by atoms with E-state index < -0.39 is 11.6 Å². The van der Waals surface area contributed by atoms with Gasteiger partial charge in [-0.3, -0.25) is 9.59 Å². The van der Waals surface area contributed by atoms with Crippen molar-refractivity contribution in [3.63, 3.8) is 0 Å². The molecule has 4 nitrogen and oxygen atoms in total. The molecular weight excluding hydrogens is 216 g/mol. The molecule has 0 unspecified atom stereocenters. The summed E-state index contributed by atoms with van der Waals surface area (Å²) >= 11 is 0. The predicted octanol–water partition coefficient (Wildman–Crippen LogP) is 2.02. The number of carbonyl (C=O) groups excluding carboxylic acids is 2. The smallest absolute Gasteiger partial charge is 0.254 e. The minimum Gasteiger partial charge on any atom is -0.341 e. The van der Waals surface area contributed by atoms with Gasteiger partial charge in [-0.05, 0) is 0 Å². The SMILES string of the molecule is CCc1nc2c([nH]1)-c1ccccc1C(=O)C2=O. The maximum absolute atomic E-state index is 11.9. The summed E-state index contributed by atoms with van der Waals surface area (Å²) in [5.74, 6) is -0.259. The van der Waals surface area contributed by atoms with Crippen molar-refractivity contribution >= 4 is 11.6 Å². The van der Waals surface area contributed by atoms with Crippen LogP contribution >= 0.6 is 0 Å². The number of hydrogen-bond acceptors (Lipinski definition) is 3. The zero-order valence-corrected chi connectivity index (χ0v) is 9.28. The number of rotatable bonds is 1. The second-order valence-corrected chi connectivity index (χ2v) is 3.96. The third kappa shape index (κ3) is 1.27. The maximum Gasteiger partial charge on any atom is 0.254 e. The van der Waals surface area contributed by atoms with Crippen LogP contribution in [0.25, 0.3) is 11.3 Å². The highest BCUT2D eigenvalue weighted by molar-refractivity contribution is 6.52. The number of hydrogen-bond donors (Lipinski definition) is 1. The van der Waals surface area contributed by atoms with E-state index in [-0.39, 0.29) is 5.69 Å². The molecule has 0 saturated heterocycles. The van der Waals surface area contributed by atoms with Crippen LogP contribution in [-0.2, 0) is 6.42 Å². The van der Waals surface area contributed by atoms with Gasteiger partial charge in [0.25, 0.3) is 5.78 Å². The summed E-state index contributed by atoms with van der Waals surface area (Å²) in [6.07, 6.45) is 0.705. The molecule has 1 N–H and O–H groups in total. The highest BCUT2D eigenvalue weighted by Crippen LogP contribution is 2.31. The molecule has 84 valence electrons. The fourth-order valence-corrected chi connectivity index (χ4v) is 2.08. The number of nitrogens with one attached hydrogen (secondary N) is 1. The van der Waals surface area contributed by atoms with Gasteiger partial charge in [0.05, 0.1) is 5.69 Å². The van der Waals surface area contributed by atoms with E-state index in [1.165, 1.54) is 0 Å². The largest absolute Gasteiger partial charge is 0.341 e. The van der Waals surface area contributed by atoms with Crippen LogP contribution in [0.2, 0.25) is 0 Å². The van der Waals surface area contributed by atoms with Crippen LogP contribution in [0.5, 0.6) is 0 Å². The van der Waals surface area contributed by atoms with Gasteiger partial charge in [0.2, 0.25) is 5.78 Å². The summed E-state index contributed by atoms with van der Waals surface area (Å²) in [6.45, 7) is 1.95. The second-order valence-electron chi connectivity index (χ2n) is 3.96. The topological polar surface area (TPSA) is 62.8 Å². The first-order valence-corrected chi connectivity index (χ1v) is 5.49. The minimum atomic E-state index is -0.519. The van der Waals surface area contributed by atoms with Crippen LogP contribution in [0, 0.1) is 0 Å². The molecule has 0 spiro atoms. The Morgan fingerprint density at radius 1 is 1.12 bits per heavy atom. The number of nitrogens with zero attached hydrogens (tertiary/aromatic N) is 1. The molecule has 0 atom stereocenters. The fourth-order valence-electron chi connectivity index (χ4n) is 2.08. The Hall–Kier alpha value is -2.23. The molecular formula is C13H10N2O2. The lowest BCUT2D eigenvalue weighted by molar-refractivity contribution is 0.0812. The Morgan fingerprint density at radius 3 is 2.53 bits per heavy atom. The third-order valence-electron chi connectivity index (χ3n) is 2.95. The van der Waals surface area contributed by atoms with Crippen molar-refractivity contribution in [3.8, 4) is 11.3 Å². The summed E-state index contributed by atoms with van der Waals surface area (Å²) in [5.41, 5.74) is 2.14. The molecule has 1 aromatic heterocycles. The number of H-pyrrole nitrogens is 1. The highest BCUT2D eigenvalue weighted by atomic mass is 16.2. The first-order chi connectivity index (χ1) is 8.22. The Balaban J connectivity index is 2.34. The van der Waals surface area contributed by atoms with Crippen LogP contribution in [-0.4, -0.2) is 21.5 Å². The number of benzene rings is 1. The molecule has 0 saturated carbocycles. The molecule has 1 aliphatic rings. The zero-order valence-electron chi connectivity index (χ0n) is 9.28. The van der Waals surface area contributed by atoms with Gasteiger partial charge in [-0.1, -0.05) is 31.2 Å². The van der Waals surface area contributed by atoms with E-state index in [4.69, 9.17) is 0 Å². The van der Waals surface area contributed by atoms with E-state index in [9.17, 15) is 9.59 Å². The molecule has 0 amide bonds. The van der Waals surface area contributed by atoms with E-state index in [0.29, 0.717) is 17.7 Å². The minimum absolute atomic E-state index is 0.255. The summed E-state index contributed by atoms with van der Waals surface area (Å²) in [7, 11) is 0. The van der Waals surface area contributed by atoms with Crippen molar-refractivity contribution in [1.29, 1.82) is 0 Å². The van der Waals surface area contributed by atoms with Gasteiger partial charge >= 0.3 is 0 Å². The standard InChI is InChI=1S/C13H10N2O2/c1-2-9-14-10-7-5-3-4-6-8(7)12(16)13(17)11(10)15-9/h3-6H,2H2,1H3,(H,14,15). The van der Waals surface area contributed by atoms with Gasteiger partial charge in [0.15, 0.2) is 0 Å². The first kappa shape index (κ1) is 9.96. The van der Waals surface area contributed by atoms with Crippen molar-refractivity contribution in [2.75, 3.05) is 0 Å². The van der Waals surface area contributed by atoms with Gasteiger partial charge in [0.1, 0.15) is 11.5 Å². The normalized spacial score (nSPS) is 13.5. The lowest BCUT2D eigenvalue weighted by Crippen LogP contribution is -2.21. The summed E-state index contributed by atoms with van der Waals surface area (Å²) in [5, 5.41) is 0. The number of imidazole rings is 1. The molecule has 1 heterocycles. The lowest BCUT2D eigenvalue weighted by Gasteiger charge is -2.12. The van der Waals surface area contributed by atoms with E-state index in [0.717, 1.165) is 11.4 Å². The number of Topliss-reactive ketones (excluding diaryl/α,β-unsaturated/α-hetero) is 2. The summed E-state index contributed by atoms with van der Waals surface area (Å²) < 4.78 is 0. The van der Waals surface area contributed by atoms with Crippen LogP contribution in [0.15, 0.2) is 24.3 Å². The number of aromatic amines is 1. The molecule has 0 fully saturated rings. The molecule has 1 aromatic carbocycles. The molecule has 0 aliphatic heterocycles. The Morgan fingerprint density at radius 2 is 1.82 bits per heavy atom. The van der Waals surface area contributed by atoms with Crippen molar-refractivity contribution in [2.24, 2.45) is 0 Å². The Kier molecular flexibility index (Phi) is 1.98. The molecule has 17 heavy (non-hydrogen) atoms. The van der Waals surface area contributed by atoms with Crippen LogP contribution in [0.3, 0.4) is 0 Å². The van der Waals surface area contributed by atoms with E-state index >= 15 is 0 Å². The molecule has 1 aliphatic carbocycles. The number of carbonyl (C=O) groups is 2. The van der Waals surface area contributed by atoms with Crippen LogP contribution in [0.4, 0.5) is 0 Å². The average Bonchev–Trinajstić information content (AvgIpc) is 2.80. The van der Waals surface area contributed by atoms with Gasteiger partial charge in [-0.25, -0.2) is 4.98 Å². The van der Waals surface area contributed by atoms with Crippen LogP contribution in [0.1, 0.15) is 33.6 Å². The van der Waals surface area contributed by atoms with Gasteiger partial charge in [-0.15, -0.1) is 0 Å². The molecule has 2 aromatic rings. The second kappa shape index (κ2) is 3.38. The average molecular weight is 226 g/mol. The number of aromatic nitrogens is 2. The van der Waals surface area contributed by atoms with Gasteiger partial charge in [-0.2, -0.15) is 0 Å². The van der Waals surface area contributed by atoms with E-state index in [2.05, 4.69) is 9.97 Å². The van der Waals surface area contributed by atoms with E-state index in [1.54, 1.807) is 12.1 Å². The quantitative estimate of drug-likeness (QED) is 0.756. The summed E-state index contributed by atoms with van der Waals surface area (Å²) in [6, 6.07) is 7.10. The number of ketones is 2. The predicted molar refractivity (Wildman–Crippen MR) is 62.1 cm³/mol. The van der Waals surface area contributed by atoms with E-state index in [1.807, 2.05) is 19.1 Å². The summed E-state index contributed by atoms with van der Waals surface area (Å²) in [4.78, 5) is 31.0. The third-order valence-corrected chi connectivity index (χ3v) is 2.95. The molecule has 4 heteroatoms. The van der Waals surface area contributed by atoms with Crippen LogP contribution < -0.4 is 0 Å². The van der Waals surface area contributed by atoms with Gasteiger partial charge < -0.3 is 4.98 Å². The monoisotopic (exact) mass is 226 g/mol.